The van der Waals surface area contributed by atoms with Gasteiger partial charge in [0, 0.05) is 11.1 Å². The first-order valence-electron chi connectivity index (χ1n) is 5.85. The maximum absolute atomic E-state index is 13.8. The zero-order chi connectivity index (χ0) is 13.1. The smallest absolute Gasteiger partial charge is 0.128 e. The molecule has 4 heteroatoms. The molecule has 0 aliphatic rings. The molecule has 0 spiro atoms. The van der Waals surface area contributed by atoms with Crippen molar-refractivity contribution in [3.05, 3.63) is 59.1 Å². The Hall–Kier alpha value is -1.68. The first-order chi connectivity index (χ1) is 8.61. The van der Waals surface area contributed by atoms with E-state index < -0.39 is 17.7 Å². The number of nitrogens with one attached hydrogen (secondary N) is 1. The first-order valence-corrected chi connectivity index (χ1v) is 5.85. The number of aryl methyl sites for hydroxylation is 1. The Kier molecular flexibility index (Phi) is 3.77. The maximum atomic E-state index is 13.8. The van der Waals surface area contributed by atoms with E-state index in [0.717, 1.165) is 23.5 Å². The summed E-state index contributed by atoms with van der Waals surface area (Å²) in [5, 5.41) is 3.13. The van der Waals surface area contributed by atoms with Crippen molar-refractivity contribution in [2.24, 2.45) is 0 Å². The lowest BCUT2D eigenvalue weighted by Gasteiger charge is -2.17. The molecular formula is C14H15F2NO. The van der Waals surface area contributed by atoms with Crippen molar-refractivity contribution in [2.75, 3.05) is 6.54 Å². The highest BCUT2D eigenvalue weighted by Gasteiger charge is 2.19. The molecule has 1 heterocycles. The molecule has 0 aliphatic carbocycles. The van der Waals surface area contributed by atoms with Crippen LogP contribution in [0.3, 0.4) is 0 Å². The summed E-state index contributed by atoms with van der Waals surface area (Å²) in [6, 6.07) is 4.88. The Morgan fingerprint density at radius 3 is 2.67 bits per heavy atom. The Morgan fingerprint density at radius 2 is 2.06 bits per heavy atom. The quantitative estimate of drug-likeness (QED) is 0.898. The van der Waals surface area contributed by atoms with Crippen molar-refractivity contribution in [3.63, 3.8) is 0 Å². The molecule has 1 aromatic carbocycles. The third-order valence-corrected chi connectivity index (χ3v) is 2.76. The van der Waals surface area contributed by atoms with Gasteiger partial charge in [0.15, 0.2) is 0 Å². The predicted molar refractivity (Wildman–Crippen MR) is 65.3 cm³/mol. The van der Waals surface area contributed by atoms with Crippen LogP contribution in [0.2, 0.25) is 0 Å². The number of hydrogen-bond donors (Lipinski definition) is 1. The van der Waals surface area contributed by atoms with Crippen molar-refractivity contribution in [1.82, 2.24) is 5.32 Å². The van der Waals surface area contributed by atoms with Gasteiger partial charge in [-0.25, -0.2) is 8.78 Å². The van der Waals surface area contributed by atoms with Crippen molar-refractivity contribution in [3.8, 4) is 0 Å². The summed E-state index contributed by atoms with van der Waals surface area (Å²) in [5.74, 6) is -0.138. The molecule has 96 valence electrons. The van der Waals surface area contributed by atoms with E-state index in [0.29, 0.717) is 6.54 Å². The van der Waals surface area contributed by atoms with E-state index >= 15 is 0 Å². The van der Waals surface area contributed by atoms with Gasteiger partial charge in [-0.2, -0.15) is 0 Å². The Morgan fingerprint density at radius 1 is 1.28 bits per heavy atom. The fourth-order valence-corrected chi connectivity index (χ4v) is 1.96. The molecule has 0 amide bonds. The highest BCUT2D eigenvalue weighted by Crippen LogP contribution is 2.26. The second kappa shape index (κ2) is 5.31. The first kappa shape index (κ1) is 12.8. The van der Waals surface area contributed by atoms with Crippen LogP contribution in [0.5, 0.6) is 0 Å². The van der Waals surface area contributed by atoms with Crippen LogP contribution < -0.4 is 5.32 Å². The molecule has 0 radical (unpaired) electrons. The van der Waals surface area contributed by atoms with Crippen molar-refractivity contribution in [2.45, 2.75) is 19.9 Å². The lowest BCUT2D eigenvalue weighted by atomic mass is 10.00. The lowest BCUT2D eigenvalue weighted by Crippen LogP contribution is -2.22. The molecule has 0 fully saturated rings. The Labute approximate surface area is 105 Å². The molecule has 0 bridgehead atoms. The standard InChI is InChI=1S/C14H15F2NO/c1-3-17-14(10-6-9(2)18-8-10)12-7-11(15)4-5-13(12)16/h4-8,14,17H,3H2,1-2H3. The maximum Gasteiger partial charge on any atom is 0.128 e. The SMILES string of the molecule is CCNC(c1coc(C)c1)c1cc(F)ccc1F. The van der Waals surface area contributed by atoms with Gasteiger partial charge in [-0.3, -0.25) is 0 Å². The van der Waals surface area contributed by atoms with Crippen molar-refractivity contribution in [1.29, 1.82) is 0 Å². The summed E-state index contributed by atoms with van der Waals surface area (Å²) in [7, 11) is 0. The summed E-state index contributed by atoms with van der Waals surface area (Å²) in [5.41, 5.74) is 1.08. The van der Waals surface area contributed by atoms with E-state index in [2.05, 4.69) is 5.32 Å². The van der Waals surface area contributed by atoms with Gasteiger partial charge in [0.2, 0.25) is 0 Å². The zero-order valence-corrected chi connectivity index (χ0v) is 10.3. The van der Waals surface area contributed by atoms with Gasteiger partial charge < -0.3 is 9.73 Å². The van der Waals surface area contributed by atoms with Crippen molar-refractivity contribution >= 4 is 0 Å². The van der Waals surface area contributed by atoms with Crippen LogP contribution in [0, 0.1) is 18.6 Å². The Bertz CT molecular complexity index is 536. The van der Waals surface area contributed by atoms with Crippen LogP contribution in [0.4, 0.5) is 8.78 Å². The van der Waals surface area contributed by atoms with Crippen LogP contribution in [0.25, 0.3) is 0 Å². The van der Waals surface area contributed by atoms with Crippen LogP contribution >= 0.6 is 0 Å². The van der Waals surface area contributed by atoms with Crippen LogP contribution in [0.15, 0.2) is 34.9 Å². The van der Waals surface area contributed by atoms with Gasteiger partial charge >= 0.3 is 0 Å². The molecule has 1 unspecified atom stereocenters. The number of furan rings is 1. The summed E-state index contributed by atoms with van der Waals surface area (Å²) in [6.07, 6.45) is 1.56. The normalized spacial score (nSPS) is 12.7. The second-order valence-corrected chi connectivity index (χ2v) is 4.15. The molecule has 0 saturated heterocycles. The second-order valence-electron chi connectivity index (χ2n) is 4.15. The minimum absolute atomic E-state index is 0.289. The van der Waals surface area contributed by atoms with E-state index in [4.69, 9.17) is 4.42 Å². The highest BCUT2D eigenvalue weighted by atomic mass is 19.1. The fourth-order valence-electron chi connectivity index (χ4n) is 1.96. The molecule has 1 aromatic heterocycles. The summed E-state index contributed by atoms with van der Waals surface area (Å²) >= 11 is 0. The topological polar surface area (TPSA) is 25.2 Å². The third-order valence-electron chi connectivity index (χ3n) is 2.76. The highest BCUT2D eigenvalue weighted by molar-refractivity contribution is 5.32. The average Bonchev–Trinajstić information content (AvgIpc) is 2.76. The van der Waals surface area contributed by atoms with Crippen LogP contribution in [-0.2, 0) is 0 Å². The average molecular weight is 251 g/mol. The molecule has 18 heavy (non-hydrogen) atoms. The largest absolute Gasteiger partial charge is 0.469 e. The van der Waals surface area contributed by atoms with Gasteiger partial charge in [-0.05, 0) is 37.7 Å². The molecule has 0 saturated carbocycles. The van der Waals surface area contributed by atoms with Crippen LogP contribution in [0.1, 0.15) is 29.9 Å². The van der Waals surface area contributed by atoms with E-state index in [1.54, 1.807) is 6.26 Å². The molecule has 2 aromatic rings. The number of halogens is 2. The zero-order valence-electron chi connectivity index (χ0n) is 10.3. The number of hydrogen-bond acceptors (Lipinski definition) is 2. The summed E-state index contributed by atoms with van der Waals surface area (Å²) < 4.78 is 32.3. The van der Waals surface area contributed by atoms with Crippen LogP contribution in [-0.4, -0.2) is 6.54 Å². The van der Waals surface area contributed by atoms with Gasteiger partial charge in [0.25, 0.3) is 0 Å². The predicted octanol–water partition coefficient (Wildman–Crippen LogP) is 3.57. The molecular weight excluding hydrogens is 236 g/mol. The molecule has 0 aliphatic heterocycles. The molecule has 1 atom stereocenters. The minimum atomic E-state index is -0.450. The van der Waals surface area contributed by atoms with Gasteiger partial charge in [-0.1, -0.05) is 6.92 Å². The summed E-state index contributed by atoms with van der Waals surface area (Å²) in [4.78, 5) is 0. The molecule has 1 N–H and O–H groups in total. The number of benzene rings is 1. The monoisotopic (exact) mass is 251 g/mol. The Balaban J connectivity index is 2.44. The van der Waals surface area contributed by atoms with Gasteiger partial charge in [0.1, 0.15) is 17.4 Å². The molecule has 2 rings (SSSR count). The summed E-state index contributed by atoms with van der Waals surface area (Å²) in [6.45, 7) is 4.37. The lowest BCUT2D eigenvalue weighted by molar-refractivity contribution is 0.517. The van der Waals surface area contributed by atoms with Crippen molar-refractivity contribution < 1.29 is 13.2 Å². The third kappa shape index (κ3) is 2.59. The molecule has 2 nitrogen and oxygen atoms in total. The van der Waals surface area contributed by atoms with E-state index in [1.165, 1.54) is 6.07 Å². The van der Waals surface area contributed by atoms with Gasteiger partial charge in [-0.15, -0.1) is 0 Å². The van der Waals surface area contributed by atoms with E-state index in [-0.39, 0.29) is 5.56 Å². The van der Waals surface area contributed by atoms with E-state index in [1.807, 2.05) is 19.9 Å². The van der Waals surface area contributed by atoms with E-state index in [9.17, 15) is 8.78 Å². The number of rotatable bonds is 4. The minimum Gasteiger partial charge on any atom is -0.469 e. The fraction of sp³-hybridized carbons (Fsp3) is 0.286. The van der Waals surface area contributed by atoms with Gasteiger partial charge in [0.05, 0.1) is 12.3 Å².